The van der Waals surface area contributed by atoms with E-state index in [1.54, 1.807) is 10.3 Å². The van der Waals surface area contributed by atoms with Gasteiger partial charge in [-0.15, -0.1) is 11.3 Å². The molecule has 1 aliphatic heterocycles. The maximum absolute atomic E-state index is 11.9. The Morgan fingerprint density at radius 1 is 1.27 bits per heavy atom. The summed E-state index contributed by atoms with van der Waals surface area (Å²) in [6.07, 6.45) is 1.34. The molecule has 0 saturated carbocycles. The quantitative estimate of drug-likeness (QED) is 0.746. The van der Waals surface area contributed by atoms with Crippen molar-refractivity contribution in [2.75, 3.05) is 18.1 Å². The number of nitrogens with zero attached hydrogens (tertiary/aromatic N) is 2. The highest BCUT2D eigenvalue weighted by molar-refractivity contribution is 7.14. The van der Waals surface area contributed by atoms with Gasteiger partial charge in [-0.1, -0.05) is 30.3 Å². The molecule has 2 heterocycles. The minimum Gasteiger partial charge on any atom is -0.455 e. The molecule has 2 aromatic rings. The van der Waals surface area contributed by atoms with E-state index in [2.05, 4.69) is 10.3 Å². The van der Waals surface area contributed by atoms with Gasteiger partial charge in [0.25, 0.3) is 5.91 Å². The van der Waals surface area contributed by atoms with Gasteiger partial charge in [0.1, 0.15) is 0 Å². The van der Waals surface area contributed by atoms with E-state index in [1.807, 2.05) is 30.3 Å². The average molecular weight is 373 g/mol. The van der Waals surface area contributed by atoms with Gasteiger partial charge in [-0.2, -0.15) is 0 Å². The van der Waals surface area contributed by atoms with Crippen LogP contribution in [-0.4, -0.2) is 35.9 Å². The average Bonchev–Trinajstić information content (AvgIpc) is 3.27. The highest BCUT2D eigenvalue weighted by Gasteiger charge is 2.24. The second kappa shape index (κ2) is 8.57. The summed E-state index contributed by atoms with van der Waals surface area (Å²) in [7, 11) is 0. The van der Waals surface area contributed by atoms with Crippen molar-refractivity contribution in [1.82, 2.24) is 10.3 Å². The van der Waals surface area contributed by atoms with Crippen molar-refractivity contribution in [2.24, 2.45) is 0 Å². The number of nitrogens with one attached hydrogen (secondary N) is 1. The number of carbonyl (C=O) groups excluding carboxylic acids is 3. The predicted molar refractivity (Wildman–Crippen MR) is 96.7 cm³/mol. The summed E-state index contributed by atoms with van der Waals surface area (Å²) in [4.78, 5) is 41.3. The Labute approximate surface area is 155 Å². The highest BCUT2D eigenvalue weighted by atomic mass is 32.1. The lowest BCUT2D eigenvalue weighted by Crippen LogP contribution is -2.28. The van der Waals surface area contributed by atoms with Gasteiger partial charge in [0, 0.05) is 24.9 Å². The van der Waals surface area contributed by atoms with E-state index < -0.39 is 5.97 Å². The molecule has 3 rings (SSSR count). The van der Waals surface area contributed by atoms with Crippen molar-refractivity contribution in [3.05, 3.63) is 47.0 Å². The summed E-state index contributed by atoms with van der Waals surface area (Å²) in [6.45, 7) is 0.724. The Morgan fingerprint density at radius 3 is 2.81 bits per heavy atom. The SMILES string of the molecule is O=C(COC(=O)Cc1csc(N2CCCC2=O)n1)NCc1ccccc1. The molecule has 1 fully saturated rings. The van der Waals surface area contributed by atoms with Gasteiger partial charge in [0.2, 0.25) is 5.91 Å². The summed E-state index contributed by atoms with van der Waals surface area (Å²) < 4.78 is 4.99. The Bertz CT molecular complexity index is 791. The van der Waals surface area contributed by atoms with Crippen LogP contribution in [0.15, 0.2) is 35.7 Å². The number of aromatic nitrogens is 1. The molecule has 0 aliphatic carbocycles. The standard InChI is InChI=1S/C18H19N3O4S/c22-15(19-10-13-5-2-1-3-6-13)11-25-17(24)9-14-12-26-18(20-14)21-8-4-7-16(21)23/h1-3,5-6,12H,4,7-11H2,(H,19,22). The van der Waals surface area contributed by atoms with E-state index in [0.717, 1.165) is 12.0 Å². The molecular weight excluding hydrogens is 354 g/mol. The van der Waals surface area contributed by atoms with E-state index >= 15 is 0 Å². The van der Waals surface area contributed by atoms with E-state index in [9.17, 15) is 14.4 Å². The van der Waals surface area contributed by atoms with Crippen LogP contribution in [0, 0.1) is 0 Å². The molecule has 1 aromatic heterocycles. The second-order valence-electron chi connectivity index (χ2n) is 5.87. The van der Waals surface area contributed by atoms with Crippen molar-refractivity contribution in [1.29, 1.82) is 0 Å². The van der Waals surface area contributed by atoms with E-state index in [1.165, 1.54) is 11.3 Å². The number of rotatable bonds is 7. The van der Waals surface area contributed by atoms with Gasteiger partial charge < -0.3 is 10.1 Å². The number of amides is 2. The van der Waals surface area contributed by atoms with Crippen LogP contribution in [0.3, 0.4) is 0 Å². The second-order valence-corrected chi connectivity index (χ2v) is 6.71. The largest absolute Gasteiger partial charge is 0.455 e. The van der Waals surface area contributed by atoms with Gasteiger partial charge in [-0.25, -0.2) is 4.98 Å². The fourth-order valence-corrected chi connectivity index (χ4v) is 3.41. The number of carbonyl (C=O) groups is 3. The summed E-state index contributed by atoms with van der Waals surface area (Å²) in [6, 6.07) is 9.48. The third-order valence-corrected chi connectivity index (χ3v) is 4.78. The first-order valence-electron chi connectivity index (χ1n) is 8.33. The maximum Gasteiger partial charge on any atom is 0.312 e. The molecule has 8 heteroatoms. The lowest BCUT2D eigenvalue weighted by atomic mass is 10.2. The molecule has 1 saturated heterocycles. The van der Waals surface area contributed by atoms with Crippen molar-refractivity contribution in [3.63, 3.8) is 0 Å². The number of esters is 1. The minimum absolute atomic E-state index is 0.0233. The lowest BCUT2D eigenvalue weighted by molar-refractivity contribution is -0.147. The van der Waals surface area contributed by atoms with Crippen LogP contribution in [0.2, 0.25) is 0 Å². The van der Waals surface area contributed by atoms with E-state index in [4.69, 9.17) is 4.74 Å². The fraction of sp³-hybridized carbons (Fsp3) is 0.333. The zero-order chi connectivity index (χ0) is 18.4. The number of ether oxygens (including phenoxy) is 1. The van der Waals surface area contributed by atoms with Gasteiger partial charge in [0.05, 0.1) is 12.1 Å². The monoisotopic (exact) mass is 373 g/mol. The first kappa shape index (κ1) is 18.1. The molecule has 0 radical (unpaired) electrons. The molecule has 0 spiro atoms. The van der Waals surface area contributed by atoms with Crippen LogP contribution in [0.5, 0.6) is 0 Å². The molecule has 0 atom stereocenters. The first-order chi connectivity index (χ1) is 12.6. The Morgan fingerprint density at radius 2 is 2.08 bits per heavy atom. The van der Waals surface area contributed by atoms with Gasteiger partial charge in [0.15, 0.2) is 11.7 Å². The summed E-state index contributed by atoms with van der Waals surface area (Å²) in [5, 5.41) is 5.03. The predicted octanol–water partition coefficient (Wildman–Crippen LogP) is 1.67. The van der Waals surface area contributed by atoms with Crippen molar-refractivity contribution in [3.8, 4) is 0 Å². The maximum atomic E-state index is 11.9. The number of anilines is 1. The van der Waals surface area contributed by atoms with Crippen molar-refractivity contribution < 1.29 is 19.1 Å². The summed E-state index contributed by atoms with van der Waals surface area (Å²) >= 11 is 1.33. The van der Waals surface area contributed by atoms with Crippen molar-refractivity contribution >= 4 is 34.3 Å². The molecule has 1 aliphatic rings. The van der Waals surface area contributed by atoms with E-state index in [0.29, 0.717) is 30.3 Å². The first-order valence-corrected chi connectivity index (χ1v) is 9.21. The zero-order valence-electron chi connectivity index (χ0n) is 14.1. The minimum atomic E-state index is -0.524. The molecular formula is C18H19N3O4S. The zero-order valence-corrected chi connectivity index (χ0v) is 15.0. The normalized spacial score (nSPS) is 13.7. The Balaban J connectivity index is 1.40. The molecule has 1 N–H and O–H groups in total. The molecule has 2 amide bonds. The molecule has 26 heavy (non-hydrogen) atoms. The lowest BCUT2D eigenvalue weighted by Gasteiger charge is -2.10. The smallest absolute Gasteiger partial charge is 0.312 e. The van der Waals surface area contributed by atoms with Gasteiger partial charge in [-0.3, -0.25) is 19.3 Å². The molecule has 0 unspecified atom stereocenters. The van der Waals surface area contributed by atoms with Crippen LogP contribution >= 0.6 is 11.3 Å². The number of thiazole rings is 1. The van der Waals surface area contributed by atoms with Crippen LogP contribution in [0.1, 0.15) is 24.1 Å². The van der Waals surface area contributed by atoms with Gasteiger partial charge >= 0.3 is 5.97 Å². The van der Waals surface area contributed by atoms with Gasteiger partial charge in [-0.05, 0) is 12.0 Å². The third-order valence-electron chi connectivity index (χ3n) is 3.87. The number of benzene rings is 1. The Kier molecular flexibility index (Phi) is 5.96. The fourth-order valence-electron chi connectivity index (χ4n) is 2.54. The Hall–Kier alpha value is -2.74. The topological polar surface area (TPSA) is 88.6 Å². The molecule has 1 aromatic carbocycles. The number of hydrogen-bond acceptors (Lipinski definition) is 6. The van der Waals surface area contributed by atoms with Crippen LogP contribution in [0.4, 0.5) is 5.13 Å². The number of hydrogen-bond donors (Lipinski definition) is 1. The van der Waals surface area contributed by atoms with Crippen LogP contribution < -0.4 is 10.2 Å². The van der Waals surface area contributed by atoms with Crippen LogP contribution in [-0.2, 0) is 32.1 Å². The van der Waals surface area contributed by atoms with Crippen molar-refractivity contribution in [2.45, 2.75) is 25.8 Å². The highest BCUT2D eigenvalue weighted by Crippen LogP contribution is 2.25. The molecule has 7 nitrogen and oxygen atoms in total. The molecule has 0 bridgehead atoms. The summed E-state index contributed by atoms with van der Waals surface area (Å²) in [5.74, 6) is -0.822. The van der Waals surface area contributed by atoms with Crippen LogP contribution in [0.25, 0.3) is 0 Å². The van der Waals surface area contributed by atoms with E-state index in [-0.39, 0.29) is 24.8 Å². The summed E-state index contributed by atoms with van der Waals surface area (Å²) in [5.41, 5.74) is 1.51. The molecule has 136 valence electrons. The third kappa shape index (κ3) is 4.89.